The molecule has 182 valence electrons. The van der Waals surface area contributed by atoms with Crippen molar-refractivity contribution in [2.24, 2.45) is 11.8 Å². The minimum Gasteiger partial charge on any atom is -0.480 e. The first-order chi connectivity index (χ1) is 15.9. The summed E-state index contributed by atoms with van der Waals surface area (Å²) in [5, 5.41) is 12.1. The molecule has 6 nitrogen and oxygen atoms in total. The summed E-state index contributed by atoms with van der Waals surface area (Å²) in [5.74, 6) is 0.891. The average Bonchev–Trinajstić information content (AvgIpc) is 2.77. The Bertz CT molecular complexity index is 815. The van der Waals surface area contributed by atoms with Crippen LogP contribution in [0.3, 0.4) is 0 Å². The number of hydrogen-bond acceptors (Lipinski definition) is 4. The van der Waals surface area contributed by atoms with Crippen LogP contribution in [0.2, 0.25) is 0 Å². The molecular weight excluding hydrogens is 414 g/mol. The molecule has 2 saturated heterocycles. The lowest BCUT2D eigenvalue weighted by Gasteiger charge is -2.51. The van der Waals surface area contributed by atoms with Gasteiger partial charge in [0.05, 0.1) is 11.4 Å². The normalized spacial score (nSPS) is 29.9. The van der Waals surface area contributed by atoms with Crippen molar-refractivity contribution < 1.29 is 14.7 Å². The van der Waals surface area contributed by atoms with Crippen LogP contribution in [0, 0.1) is 11.8 Å². The van der Waals surface area contributed by atoms with Gasteiger partial charge in [-0.15, -0.1) is 0 Å². The minimum atomic E-state index is -0.908. The van der Waals surface area contributed by atoms with Gasteiger partial charge in [0, 0.05) is 25.0 Å². The first kappa shape index (κ1) is 24.1. The number of nitrogens with zero attached hydrogens (tertiary/aromatic N) is 2. The molecular formula is C27H41N3O3. The molecule has 1 aromatic rings. The van der Waals surface area contributed by atoms with Crippen LogP contribution in [-0.4, -0.2) is 53.1 Å². The summed E-state index contributed by atoms with van der Waals surface area (Å²) < 4.78 is 0. The molecule has 1 aliphatic carbocycles. The Balaban J connectivity index is 1.46. The van der Waals surface area contributed by atoms with Gasteiger partial charge in [-0.1, -0.05) is 44.7 Å². The molecule has 0 aromatic heterocycles. The van der Waals surface area contributed by atoms with E-state index in [0.29, 0.717) is 17.8 Å². The number of anilines is 2. The van der Waals surface area contributed by atoms with Gasteiger partial charge in [0.1, 0.15) is 6.54 Å². The van der Waals surface area contributed by atoms with Gasteiger partial charge in [-0.05, 0) is 69.0 Å². The van der Waals surface area contributed by atoms with E-state index in [4.69, 9.17) is 5.11 Å². The third-order valence-electron chi connectivity index (χ3n) is 8.24. The van der Waals surface area contributed by atoms with Crippen molar-refractivity contribution in [1.82, 2.24) is 4.90 Å². The van der Waals surface area contributed by atoms with Crippen LogP contribution in [0.25, 0.3) is 0 Å². The predicted molar refractivity (Wildman–Crippen MR) is 133 cm³/mol. The van der Waals surface area contributed by atoms with E-state index in [-0.39, 0.29) is 18.5 Å². The highest BCUT2D eigenvalue weighted by Gasteiger charge is 2.41. The van der Waals surface area contributed by atoms with Gasteiger partial charge in [-0.25, -0.2) is 0 Å². The summed E-state index contributed by atoms with van der Waals surface area (Å²) in [6, 6.07) is 8.88. The van der Waals surface area contributed by atoms with Crippen molar-refractivity contribution in [3.05, 3.63) is 24.3 Å². The maximum atomic E-state index is 12.9. The van der Waals surface area contributed by atoms with Crippen LogP contribution in [-0.2, 0) is 9.59 Å². The summed E-state index contributed by atoms with van der Waals surface area (Å²) in [6.07, 6.45) is 12.6. The number of amides is 1. The Kier molecular flexibility index (Phi) is 7.94. The molecule has 3 fully saturated rings. The summed E-state index contributed by atoms with van der Waals surface area (Å²) in [4.78, 5) is 28.7. The van der Waals surface area contributed by atoms with Crippen molar-refractivity contribution in [1.29, 1.82) is 0 Å². The molecule has 1 saturated carbocycles. The zero-order valence-electron chi connectivity index (χ0n) is 20.3. The molecule has 1 aromatic carbocycles. The first-order valence-electron chi connectivity index (χ1n) is 13.0. The number of carboxylic acids is 1. The Morgan fingerprint density at radius 1 is 1.06 bits per heavy atom. The summed E-state index contributed by atoms with van der Waals surface area (Å²) >= 11 is 0. The van der Waals surface area contributed by atoms with Crippen LogP contribution in [0.5, 0.6) is 0 Å². The molecule has 33 heavy (non-hydrogen) atoms. The molecule has 1 amide bonds. The molecule has 4 atom stereocenters. The van der Waals surface area contributed by atoms with Gasteiger partial charge in [0.15, 0.2) is 0 Å². The molecule has 2 bridgehead atoms. The van der Waals surface area contributed by atoms with E-state index >= 15 is 0 Å². The molecule has 2 N–H and O–H groups in total. The number of carbonyl (C=O) groups excluding carboxylic acids is 1. The van der Waals surface area contributed by atoms with Crippen LogP contribution in [0.4, 0.5) is 11.4 Å². The van der Waals surface area contributed by atoms with Crippen molar-refractivity contribution in [2.45, 2.75) is 96.2 Å². The Morgan fingerprint density at radius 2 is 1.76 bits per heavy atom. The Morgan fingerprint density at radius 3 is 2.42 bits per heavy atom. The standard InChI is InChI=1S/C27H41N3O3/c1-19-7-5-8-21(15-19)13-14-29-22-9-6-10-23(29)17-24(16-22)30(20(2)31)26-12-4-3-11-25(26)28-18-27(32)33/h3-4,11-12,19,21-24,28H,5-10,13-18H2,1-2H3,(H,32,33). The number of aliphatic carboxylic acids is 1. The van der Waals surface area contributed by atoms with Crippen LogP contribution >= 0.6 is 0 Å². The second-order valence-electron chi connectivity index (χ2n) is 10.7. The zero-order chi connectivity index (χ0) is 23.4. The first-order valence-corrected chi connectivity index (χ1v) is 13.0. The lowest BCUT2D eigenvalue weighted by molar-refractivity contribution is -0.135. The van der Waals surface area contributed by atoms with Gasteiger partial charge in [-0.3, -0.25) is 14.5 Å². The van der Waals surface area contributed by atoms with E-state index in [1.54, 1.807) is 6.92 Å². The number of benzene rings is 1. The Hall–Kier alpha value is -2.08. The predicted octanol–water partition coefficient (Wildman–Crippen LogP) is 5.14. The van der Waals surface area contributed by atoms with Gasteiger partial charge < -0.3 is 15.3 Å². The van der Waals surface area contributed by atoms with E-state index in [0.717, 1.165) is 30.4 Å². The second kappa shape index (κ2) is 10.9. The maximum Gasteiger partial charge on any atom is 0.322 e. The van der Waals surface area contributed by atoms with E-state index < -0.39 is 5.97 Å². The fourth-order valence-corrected chi connectivity index (χ4v) is 6.81. The van der Waals surface area contributed by atoms with E-state index in [2.05, 4.69) is 17.1 Å². The topological polar surface area (TPSA) is 72.9 Å². The van der Waals surface area contributed by atoms with Gasteiger partial charge in [-0.2, -0.15) is 0 Å². The highest BCUT2D eigenvalue weighted by Crippen LogP contribution is 2.40. The SMILES string of the molecule is CC(=O)N(c1ccccc1NCC(=O)O)C1CC2CCCC(C1)N2CCC1CCCC(C)C1. The lowest BCUT2D eigenvalue weighted by Crippen LogP contribution is -2.58. The zero-order valence-corrected chi connectivity index (χ0v) is 20.3. The number of nitrogens with one attached hydrogen (secondary N) is 1. The molecule has 3 aliphatic rings. The summed E-state index contributed by atoms with van der Waals surface area (Å²) in [7, 11) is 0. The van der Waals surface area contributed by atoms with Crippen molar-refractivity contribution >= 4 is 23.3 Å². The molecule has 4 rings (SSSR count). The monoisotopic (exact) mass is 455 g/mol. The maximum absolute atomic E-state index is 12.9. The fourth-order valence-electron chi connectivity index (χ4n) is 6.81. The summed E-state index contributed by atoms with van der Waals surface area (Å²) in [5.41, 5.74) is 1.52. The quantitative estimate of drug-likeness (QED) is 0.568. The molecule has 0 spiro atoms. The van der Waals surface area contributed by atoms with Gasteiger partial charge in [0.25, 0.3) is 0 Å². The molecule has 6 heteroatoms. The van der Waals surface area contributed by atoms with Crippen molar-refractivity contribution in [3.8, 4) is 0 Å². The van der Waals surface area contributed by atoms with Crippen LogP contribution in [0.1, 0.15) is 78.1 Å². The summed E-state index contributed by atoms with van der Waals surface area (Å²) in [6.45, 7) is 5.09. The lowest BCUT2D eigenvalue weighted by atomic mass is 9.78. The van der Waals surface area contributed by atoms with Crippen molar-refractivity contribution in [3.63, 3.8) is 0 Å². The minimum absolute atomic E-state index is 0.0345. The number of rotatable bonds is 8. The largest absolute Gasteiger partial charge is 0.480 e. The number of hydrogen-bond donors (Lipinski definition) is 2. The number of piperidine rings is 2. The number of para-hydroxylation sites is 2. The van der Waals surface area contributed by atoms with Crippen molar-refractivity contribution in [2.75, 3.05) is 23.3 Å². The molecule has 2 heterocycles. The third-order valence-corrected chi connectivity index (χ3v) is 8.24. The van der Waals surface area contributed by atoms with Crippen LogP contribution in [0.15, 0.2) is 24.3 Å². The van der Waals surface area contributed by atoms with Gasteiger partial charge in [0.2, 0.25) is 5.91 Å². The van der Waals surface area contributed by atoms with E-state index in [1.165, 1.54) is 57.9 Å². The number of fused-ring (bicyclic) bond motifs is 2. The van der Waals surface area contributed by atoms with E-state index in [9.17, 15) is 9.59 Å². The molecule has 0 radical (unpaired) electrons. The smallest absolute Gasteiger partial charge is 0.322 e. The van der Waals surface area contributed by atoms with Crippen LogP contribution < -0.4 is 10.2 Å². The average molecular weight is 456 g/mol. The number of carbonyl (C=O) groups is 2. The van der Waals surface area contributed by atoms with E-state index in [1.807, 2.05) is 29.2 Å². The highest BCUT2D eigenvalue weighted by molar-refractivity contribution is 5.96. The Labute approximate surface area is 198 Å². The van der Waals surface area contributed by atoms with Gasteiger partial charge >= 0.3 is 5.97 Å². The highest BCUT2D eigenvalue weighted by atomic mass is 16.4. The number of carboxylic acid groups (broad SMARTS) is 1. The third kappa shape index (κ3) is 5.89. The molecule has 2 aliphatic heterocycles. The second-order valence-corrected chi connectivity index (χ2v) is 10.7. The molecule has 4 unspecified atom stereocenters. The fraction of sp³-hybridized carbons (Fsp3) is 0.704.